The molecule has 0 saturated heterocycles. The second-order valence-corrected chi connectivity index (χ2v) is 13.1. The highest BCUT2D eigenvalue weighted by Gasteiger charge is 2.41. The summed E-state index contributed by atoms with van der Waals surface area (Å²) in [6, 6.07) is 6.35. The van der Waals surface area contributed by atoms with Crippen molar-refractivity contribution < 1.29 is 9.72 Å². The predicted molar refractivity (Wildman–Crippen MR) is 105 cm³/mol. The lowest BCUT2D eigenvalue weighted by Crippen LogP contribution is -2.43. The molecule has 0 bridgehead atoms. The predicted octanol–water partition coefficient (Wildman–Crippen LogP) is 5.17. The van der Waals surface area contributed by atoms with Crippen LogP contribution in [0.5, 0.6) is 0 Å². The van der Waals surface area contributed by atoms with Gasteiger partial charge in [-0.25, -0.2) is 0 Å². The normalized spacial score (nSPS) is 12.8. The topological polar surface area (TPSA) is 60.2 Å². The van der Waals surface area contributed by atoms with Crippen molar-refractivity contribution in [2.75, 3.05) is 0 Å². The van der Waals surface area contributed by atoms with E-state index in [9.17, 15) is 14.9 Å². The maximum Gasteiger partial charge on any atom is 0.269 e. The Morgan fingerprint density at radius 3 is 1.88 bits per heavy atom. The quantitative estimate of drug-likeness (QED) is 0.222. The zero-order chi connectivity index (χ0) is 19.2. The van der Waals surface area contributed by atoms with Crippen LogP contribution in [0.3, 0.4) is 0 Å². The van der Waals surface area contributed by atoms with Gasteiger partial charge >= 0.3 is 0 Å². The highest BCUT2D eigenvalue weighted by atomic mass is 28.3. The molecule has 0 aliphatic rings. The minimum absolute atomic E-state index is 0.0586. The Morgan fingerprint density at radius 2 is 1.52 bits per heavy atom. The second kappa shape index (κ2) is 8.96. The molecule has 0 amide bonds. The van der Waals surface area contributed by atoms with Crippen molar-refractivity contribution in [2.45, 2.75) is 64.6 Å². The molecule has 1 aromatic carbocycles. The van der Waals surface area contributed by atoms with E-state index in [0.29, 0.717) is 23.0 Å². The summed E-state index contributed by atoms with van der Waals surface area (Å²) in [7, 11) is -1.86. The van der Waals surface area contributed by atoms with Crippen molar-refractivity contribution in [2.24, 2.45) is 5.92 Å². The van der Waals surface area contributed by atoms with Crippen LogP contribution in [0.4, 0.5) is 5.69 Å². The Labute approximate surface area is 152 Å². The first-order valence-electron chi connectivity index (χ1n) is 8.86. The van der Waals surface area contributed by atoms with Crippen LogP contribution in [0.1, 0.15) is 47.1 Å². The molecule has 136 valence electrons. The van der Waals surface area contributed by atoms with Gasteiger partial charge in [0.2, 0.25) is 0 Å². The van der Waals surface area contributed by atoms with Crippen LogP contribution in [0, 0.1) is 27.5 Å². The first kappa shape index (κ1) is 21.1. The second-order valence-electron chi connectivity index (χ2n) is 7.54. The molecular formula is C20H29NO3Si. The number of non-ortho nitro benzene ring substituents is 1. The molecular weight excluding hydrogens is 330 g/mol. The highest BCUT2D eigenvalue weighted by molar-refractivity contribution is 6.90. The third-order valence-electron chi connectivity index (χ3n) is 5.11. The molecule has 0 heterocycles. The van der Waals surface area contributed by atoms with E-state index in [4.69, 9.17) is 0 Å². The molecule has 0 spiro atoms. The third kappa shape index (κ3) is 5.02. The van der Waals surface area contributed by atoms with E-state index >= 15 is 0 Å². The van der Waals surface area contributed by atoms with Gasteiger partial charge in [-0.05, 0) is 28.6 Å². The van der Waals surface area contributed by atoms with Gasteiger partial charge in [0.25, 0.3) is 5.69 Å². The van der Waals surface area contributed by atoms with E-state index in [1.807, 2.05) is 0 Å². The average molecular weight is 360 g/mol. The van der Waals surface area contributed by atoms with Crippen molar-refractivity contribution in [3.05, 3.63) is 39.9 Å². The number of benzene rings is 1. The van der Waals surface area contributed by atoms with Gasteiger partial charge in [0.05, 0.1) is 10.8 Å². The van der Waals surface area contributed by atoms with Crippen molar-refractivity contribution >= 4 is 20.0 Å². The van der Waals surface area contributed by atoms with Gasteiger partial charge in [-0.2, -0.15) is 0 Å². The van der Waals surface area contributed by atoms with E-state index in [0.717, 1.165) is 11.8 Å². The summed E-state index contributed by atoms with van der Waals surface area (Å²) in [5.74, 6) is 2.88. The van der Waals surface area contributed by atoms with Gasteiger partial charge in [-0.1, -0.05) is 59.6 Å². The first-order chi connectivity index (χ1) is 11.6. The van der Waals surface area contributed by atoms with Crippen LogP contribution in [0.25, 0.3) is 0 Å². The smallest absolute Gasteiger partial charge is 0.269 e. The van der Waals surface area contributed by atoms with Gasteiger partial charge < -0.3 is 4.79 Å². The number of carbonyl (C=O) groups is 1. The molecule has 0 saturated carbocycles. The van der Waals surface area contributed by atoms with Gasteiger partial charge in [-0.3, -0.25) is 10.1 Å². The van der Waals surface area contributed by atoms with Crippen molar-refractivity contribution in [1.29, 1.82) is 0 Å². The van der Waals surface area contributed by atoms with Crippen molar-refractivity contribution in [1.82, 2.24) is 0 Å². The SMILES string of the molecule is CC(C)[Si](C#CC(C=O)Cc1ccc([N+](=O)[O-])cc1)(C(C)C)C(C)C. The Bertz CT molecular complexity index is 632. The Hall–Kier alpha value is -1.93. The summed E-state index contributed by atoms with van der Waals surface area (Å²) in [5, 5.41) is 10.7. The van der Waals surface area contributed by atoms with Crippen LogP contribution in [0.2, 0.25) is 16.6 Å². The van der Waals surface area contributed by atoms with E-state index in [1.165, 1.54) is 12.1 Å². The molecule has 1 unspecified atom stereocenters. The molecule has 1 rings (SSSR count). The van der Waals surface area contributed by atoms with Crippen molar-refractivity contribution in [3.63, 3.8) is 0 Å². The summed E-state index contributed by atoms with van der Waals surface area (Å²) >= 11 is 0. The van der Waals surface area contributed by atoms with E-state index in [-0.39, 0.29) is 11.6 Å². The molecule has 0 radical (unpaired) electrons. The number of aldehydes is 1. The molecule has 5 heteroatoms. The van der Waals surface area contributed by atoms with Crippen LogP contribution >= 0.6 is 0 Å². The lowest BCUT2D eigenvalue weighted by atomic mass is 10.0. The van der Waals surface area contributed by atoms with Gasteiger partial charge in [0.15, 0.2) is 0 Å². The molecule has 1 atom stereocenters. The Kier molecular flexibility index (Phi) is 7.56. The van der Waals surface area contributed by atoms with Gasteiger partial charge in [-0.15, -0.1) is 5.54 Å². The lowest BCUT2D eigenvalue weighted by Gasteiger charge is -2.38. The minimum atomic E-state index is -1.86. The van der Waals surface area contributed by atoms with E-state index < -0.39 is 13.0 Å². The van der Waals surface area contributed by atoms with Crippen LogP contribution in [0.15, 0.2) is 24.3 Å². The summed E-state index contributed by atoms with van der Waals surface area (Å²) in [4.78, 5) is 21.8. The van der Waals surface area contributed by atoms with Crippen LogP contribution < -0.4 is 0 Å². The summed E-state index contributed by atoms with van der Waals surface area (Å²) in [6.07, 6.45) is 1.39. The fourth-order valence-electron chi connectivity index (χ4n) is 3.79. The van der Waals surface area contributed by atoms with E-state index in [2.05, 4.69) is 53.0 Å². The van der Waals surface area contributed by atoms with Gasteiger partial charge in [0.1, 0.15) is 14.4 Å². The van der Waals surface area contributed by atoms with Crippen molar-refractivity contribution in [3.8, 4) is 11.5 Å². The molecule has 1 aromatic rings. The first-order valence-corrected chi connectivity index (χ1v) is 11.1. The average Bonchev–Trinajstić information content (AvgIpc) is 2.53. The molecule has 25 heavy (non-hydrogen) atoms. The van der Waals surface area contributed by atoms with E-state index in [1.54, 1.807) is 12.1 Å². The highest BCUT2D eigenvalue weighted by Crippen LogP contribution is 2.40. The maximum atomic E-state index is 11.5. The third-order valence-corrected chi connectivity index (χ3v) is 11.4. The molecule has 0 aliphatic carbocycles. The zero-order valence-electron chi connectivity index (χ0n) is 16.1. The molecule has 0 aromatic heterocycles. The van der Waals surface area contributed by atoms with Gasteiger partial charge in [0, 0.05) is 12.1 Å². The maximum absolute atomic E-state index is 11.5. The van der Waals surface area contributed by atoms with Crippen LogP contribution in [-0.4, -0.2) is 19.3 Å². The molecule has 4 nitrogen and oxygen atoms in total. The fraction of sp³-hybridized carbons (Fsp3) is 0.550. The standard InChI is InChI=1S/C20H29NO3Si/c1-15(2)25(16(3)4,17(5)6)12-11-19(14-22)13-18-7-9-20(10-8-18)21(23)24/h7-10,14-17,19H,13H2,1-6H3. The number of hydrogen-bond acceptors (Lipinski definition) is 3. The monoisotopic (exact) mass is 359 g/mol. The summed E-state index contributed by atoms with van der Waals surface area (Å²) in [5.41, 5.74) is 6.09. The largest absolute Gasteiger partial charge is 0.302 e. The molecule has 0 aliphatic heterocycles. The number of hydrogen-bond donors (Lipinski definition) is 0. The minimum Gasteiger partial charge on any atom is -0.302 e. The molecule has 0 fully saturated rings. The number of rotatable bonds is 7. The number of carbonyl (C=O) groups excluding carboxylic acids is 1. The van der Waals surface area contributed by atoms with Crippen LogP contribution in [-0.2, 0) is 11.2 Å². The number of nitrogens with zero attached hydrogens (tertiary/aromatic N) is 1. The number of nitro benzene ring substituents is 1. The Morgan fingerprint density at radius 1 is 1.04 bits per heavy atom. The Balaban J connectivity index is 3.07. The molecule has 0 N–H and O–H groups in total. The zero-order valence-corrected chi connectivity index (χ0v) is 17.1. The summed E-state index contributed by atoms with van der Waals surface area (Å²) < 4.78 is 0. The number of nitro groups is 1. The lowest BCUT2D eigenvalue weighted by molar-refractivity contribution is -0.384. The summed E-state index contributed by atoms with van der Waals surface area (Å²) in [6.45, 7) is 13.5. The fourth-order valence-corrected chi connectivity index (χ4v) is 9.09.